The Balaban J connectivity index is 1.09. The summed E-state index contributed by atoms with van der Waals surface area (Å²) in [6.45, 7) is 1.46. The Morgan fingerprint density at radius 2 is 1.46 bits per heavy atom. The quantitative estimate of drug-likeness (QED) is 0.0609. The molecule has 0 aliphatic carbocycles. The van der Waals surface area contributed by atoms with Crippen LogP contribution in [0.3, 0.4) is 0 Å². The van der Waals surface area contributed by atoms with Gasteiger partial charge in [0.25, 0.3) is 5.69 Å². The highest BCUT2D eigenvalue weighted by Crippen LogP contribution is 2.66. The van der Waals surface area contributed by atoms with Gasteiger partial charge in [-0.25, -0.2) is 9.69 Å². The van der Waals surface area contributed by atoms with Gasteiger partial charge in [0, 0.05) is 56.8 Å². The number of phenolic OH excluding ortho intramolecular Hbond substituents is 1. The van der Waals surface area contributed by atoms with E-state index in [4.69, 9.17) is 18.9 Å². The van der Waals surface area contributed by atoms with Crippen molar-refractivity contribution < 1.29 is 53.3 Å². The molecular weight excluding hydrogens is 947 g/mol. The number of non-ortho nitro benzene ring substituents is 1. The van der Waals surface area contributed by atoms with Gasteiger partial charge < -0.3 is 34.1 Å². The fourth-order valence-electron chi connectivity index (χ4n) is 11.4. The largest absolute Gasteiger partial charge is 0.508 e. The highest BCUT2D eigenvalue weighted by molar-refractivity contribution is 6.23. The lowest BCUT2D eigenvalue weighted by Gasteiger charge is -2.46. The fourth-order valence-corrected chi connectivity index (χ4v) is 11.4. The van der Waals surface area contributed by atoms with Crippen molar-refractivity contribution in [3.05, 3.63) is 195 Å². The number of nitro benzene ring substituents is 1. The van der Waals surface area contributed by atoms with Crippen molar-refractivity contribution in [2.24, 2.45) is 5.92 Å². The van der Waals surface area contributed by atoms with E-state index >= 15 is 14.4 Å². The van der Waals surface area contributed by atoms with Gasteiger partial charge in [-0.15, -0.1) is 0 Å². The number of hydrogen-bond acceptors (Lipinski definition) is 14. The van der Waals surface area contributed by atoms with Crippen molar-refractivity contribution in [1.29, 1.82) is 0 Å². The van der Waals surface area contributed by atoms with Gasteiger partial charge in [-0.2, -0.15) is 0 Å². The maximum atomic E-state index is 16.6. The van der Waals surface area contributed by atoms with Crippen molar-refractivity contribution in [3.63, 3.8) is 0 Å². The van der Waals surface area contributed by atoms with Crippen LogP contribution in [0.1, 0.15) is 63.6 Å². The number of esters is 1. The standard InChI is InChI=1S/C57H49N5O12/c63-30-8-7-9-36-16-24-45-44(31-36)57(55(67)60(45)56(68)71-34-37-14-20-42(21-15-37)62(69)70)48(53(65)59-28-26-58(27-29-59)33-38-17-25-46-47(32-38)73-35-72-46)50-54(66)74-51(40-12-5-2-6-13-40)49(39-10-3-1-4-11-39)61(50)52(57)41-18-22-43(64)23-19-41/h1-6,10-25,31-32,48-52,63-64H,8,26-30,33-35H2/t48-,49-,50-,51+,52+,57-/m0/s1. The lowest BCUT2D eigenvalue weighted by atomic mass is 9.65. The van der Waals surface area contributed by atoms with Crippen molar-refractivity contribution in [3.8, 4) is 29.1 Å². The van der Waals surface area contributed by atoms with E-state index in [9.17, 15) is 25.1 Å². The molecule has 0 unspecified atom stereocenters. The lowest BCUT2D eigenvalue weighted by Crippen LogP contribution is -2.59. The Hall–Kier alpha value is -8.56. The van der Waals surface area contributed by atoms with E-state index in [2.05, 4.69) is 16.7 Å². The Bertz CT molecular complexity index is 3210. The van der Waals surface area contributed by atoms with E-state index < -0.39 is 64.4 Å². The number of imide groups is 1. The molecule has 3 amide bonds. The number of anilines is 1. The number of phenols is 1. The number of carbonyl (C=O) groups excluding carboxylic acids is 4. The fraction of sp³-hybridized carbons (Fsp3) is 0.263. The monoisotopic (exact) mass is 995 g/mol. The highest BCUT2D eigenvalue weighted by atomic mass is 16.7. The second-order valence-corrected chi connectivity index (χ2v) is 18.8. The molecule has 5 aliphatic heterocycles. The van der Waals surface area contributed by atoms with Crippen molar-refractivity contribution in [1.82, 2.24) is 14.7 Å². The molecule has 17 nitrogen and oxygen atoms in total. The first-order valence-corrected chi connectivity index (χ1v) is 24.3. The predicted octanol–water partition coefficient (Wildman–Crippen LogP) is 7.11. The van der Waals surface area contributed by atoms with Gasteiger partial charge in [0.2, 0.25) is 18.6 Å². The van der Waals surface area contributed by atoms with E-state index in [1.807, 2.05) is 83.8 Å². The van der Waals surface area contributed by atoms with Crippen molar-refractivity contribution >= 4 is 35.3 Å². The molecule has 5 aliphatic rings. The number of hydrogen-bond donors (Lipinski definition) is 2. The summed E-state index contributed by atoms with van der Waals surface area (Å²) >= 11 is 0. The molecule has 6 atom stereocenters. The average molecular weight is 996 g/mol. The first kappa shape index (κ1) is 47.7. The molecule has 6 aromatic carbocycles. The maximum absolute atomic E-state index is 16.6. The molecule has 17 heteroatoms. The zero-order valence-corrected chi connectivity index (χ0v) is 39.8. The van der Waals surface area contributed by atoms with Gasteiger partial charge in [-0.05, 0) is 88.0 Å². The number of rotatable bonds is 10. The Kier molecular flexibility index (Phi) is 12.8. The molecule has 3 fully saturated rings. The summed E-state index contributed by atoms with van der Waals surface area (Å²) in [6, 6.07) is 37.6. The summed E-state index contributed by atoms with van der Waals surface area (Å²) < 4.78 is 23.7. The summed E-state index contributed by atoms with van der Waals surface area (Å²) in [7, 11) is 0. The first-order chi connectivity index (χ1) is 36.0. The van der Waals surface area contributed by atoms with Crippen LogP contribution < -0.4 is 14.4 Å². The molecule has 0 saturated carbocycles. The number of benzene rings is 6. The number of ether oxygens (including phenoxy) is 4. The van der Waals surface area contributed by atoms with Crippen molar-refractivity contribution in [2.45, 2.75) is 49.2 Å². The van der Waals surface area contributed by atoms with E-state index in [-0.39, 0.29) is 62.2 Å². The van der Waals surface area contributed by atoms with Crippen LogP contribution in [0, 0.1) is 27.9 Å². The summed E-state index contributed by atoms with van der Waals surface area (Å²) in [5.74, 6) is 3.65. The third-order valence-electron chi connectivity index (χ3n) is 14.6. The van der Waals surface area contributed by atoms with E-state index in [1.54, 1.807) is 35.2 Å². The smallest absolute Gasteiger partial charge is 0.421 e. The highest BCUT2D eigenvalue weighted by Gasteiger charge is 2.76. The Morgan fingerprint density at radius 3 is 2.16 bits per heavy atom. The Morgan fingerprint density at radius 1 is 0.770 bits per heavy atom. The molecule has 0 radical (unpaired) electrons. The molecule has 0 aromatic heterocycles. The zero-order chi connectivity index (χ0) is 51.1. The van der Waals surface area contributed by atoms with Gasteiger partial charge >= 0.3 is 12.1 Å². The molecule has 5 heterocycles. The van der Waals surface area contributed by atoms with Crippen LogP contribution in [0.2, 0.25) is 0 Å². The van der Waals surface area contributed by atoms with Crippen LogP contribution in [0.5, 0.6) is 17.2 Å². The number of morpholine rings is 1. The number of aromatic hydroxyl groups is 1. The molecule has 3 saturated heterocycles. The number of nitro groups is 1. The second-order valence-electron chi connectivity index (χ2n) is 18.8. The van der Waals surface area contributed by atoms with Gasteiger partial charge in [-0.1, -0.05) is 90.7 Å². The third-order valence-corrected chi connectivity index (χ3v) is 14.6. The minimum atomic E-state index is -2.10. The minimum absolute atomic E-state index is 0.0699. The number of nitrogens with zero attached hydrogens (tertiary/aromatic N) is 5. The third kappa shape index (κ3) is 8.42. The second kappa shape index (κ2) is 19.8. The molecule has 2 N–H and O–H groups in total. The van der Waals surface area contributed by atoms with Gasteiger partial charge in [0.05, 0.1) is 35.2 Å². The Labute approximate surface area is 425 Å². The first-order valence-electron chi connectivity index (χ1n) is 24.3. The molecule has 11 rings (SSSR count). The van der Waals surface area contributed by atoms with Crippen LogP contribution in [0.4, 0.5) is 16.2 Å². The van der Waals surface area contributed by atoms with E-state index in [1.165, 1.54) is 36.4 Å². The normalized spacial score (nSPS) is 22.9. The molecular formula is C57H49N5O12. The van der Waals surface area contributed by atoms with Gasteiger partial charge in [-0.3, -0.25) is 34.3 Å². The number of carbonyl (C=O) groups is 4. The predicted molar refractivity (Wildman–Crippen MR) is 266 cm³/mol. The van der Waals surface area contributed by atoms with E-state index in [0.717, 1.165) is 16.0 Å². The summed E-state index contributed by atoms with van der Waals surface area (Å²) in [6.07, 6.45) is -1.91. The number of amides is 3. The molecule has 374 valence electrons. The van der Waals surface area contributed by atoms with Crippen LogP contribution >= 0.6 is 0 Å². The van der Waals surface area contributed by atoms with Crippen molar-refractivity contribution in [2.75, 3.05) is 44.5 Å². The summed E-state index contributed by atoms with van der Waals surface area (Å²) in [5, 5.41) is 32.0. The SMILES string of the molecule is O=C1O[C@H](c2ccccc2)[C@H](c2ccccc2)N2[C@H]1[C@@H](C(=O)N1CCN(Cc3ccc4c(c3)OCO4)CC1)[C@]1(C(=O)N(C(=O)OCc3ccc([N+](=O)[O-])cc3)c3ccc(C#CCCO)cc31)[C@H]2c1ccc(O)cc1. The maximum Gasteiger partial charge on any atom is 0.421 e. The van der Waals surface area contributed by atoms with Crippen LogP contribution in [-0.2, 0) is 42.4 Å². The molecule has 6 aromatic rings. The van der Waals surface area contributed by atoms with Gasteiger partial charge in [0.1, 0.15) is 29.9 Å². The average Bonchev–Trinajstić information content (AvgIpc) is 4.24. The number of fused-ring (bicyclic) bond motifs is 4. The zero-order valence-electron chi connectivity index (χ0n) is 39.8. The van der Waals surface area contributed by atoms with Crippen LogP contribution in [0.25, 0.3) is 0 Å². The number of cyclic esters (lactones) is 1. The summed E-state index contributed by atoms with van der Waals surface area (Å²) in [5.41, 5.74) is 1.71. The van der Waals surface area contributed by atoms with E-state index in [0.29, 0.717) is 53.4 Å². The lowest BCUT2D eigenvalue weighted by molar-refractivity contribution is -0.384. The van der Waals surface area contributed by atoms with Gasteiger partial charge in [0.15, 0.2) is 11.5 Å². The minimum Gasteiger partial charge on any atom is -0.508 e. The number of piperazine rings is 1. The van der Waals surface area contributed by atoms with Crippen LogP contribution in [0.15, 0.2) is 146 Å². The van der Waals surface area contributed by atoms with Crippen LogP contribution in [-0.4, -0.2) is 99.3 Å². The molecule has 1 spiro atoms. The summed E-state index contributed by atoms with van der Waals surface area (Å²) in [4.78, 5) is 81.0. The molecule has 0 bridgehead atoms. The number of aliphatic hydroxyl groups is 1. The number of aliphatic hydroxyl groups excluding tert-OH is 1. The molecule has 74 heavy (non-hydrogen) atoms. The topological polar surface area (TPSA) is 202 Å².